The molecule has 2 atom stereocenters. The molecule has 1 fully saturated rings. The van der Waals surface area contributed by atoms with Crippen LogP contribution in [0.15, 0.2) is 16.6 Å². The van der Waals surface area contributed by atoms with Crippen molar-refractivity contribution >= 4 is 21.6 Å². The molecule has 17 heavy (non-hydrogen) atoms. The largest absolute Gasteiger partial charge is 0.391 e. The second-order valence-corrected chi connectivity index (χ2v) is 5.20. The fourth-order valence-corrected chi connectivity index (χ4v) is 2.43. The molecule has 1 aliphatic carbocycles. The van der Waals surface area contributed by atoms with Crippen LogP contribution in [0.1, 0.15) is 25.7 Å². The average Bonchev–Trinajstić information content (AvgIpc) is 2.29. The van der Waals surface area contributed by atoms with Gasteiger partial charge in [-0.05, 0) is 34.8 Å². The molecule has 1 aliphatic rings. The van der Waals surface area contributed by atoms with Crippen molar-refractivity contribution in [1.82, 2.24) is 0 Å². The van der Waals surface area contributed by atoms with E-state index in [0.717, 1.165) is 31.4 Å². The summed E-state index contributed by atoms with van der Waals surface area (Å²) in [4.78, 5) is 0. The summed E-state index contributed by atoms with van der Waals surface area (Å²) < 4.78 is 27.0. The molecule has 0 aromatic heterocycles. The van der Waals surface area contributed by atoms with E-state index in [1.807, 2.05) is 0 Å². The zero-order valence-corrected chi connectivity index (χ0v) is 10.8. The van der Waals surface area contributed by atoms with Crippen LogP contribution < -0.4 is 5.32 Å². The van der Waals surface area contributed by atoms with Crippen LogP contribution in [0.2, 0.25) is 0 Å². The van der Waals surface area contributed by atoms with E-state index in [1.165, 1.54) is 0 Å². The van der Waals surface area contributed by atoms with E-state index in [-0.39, 0.29) is 16.2 Å². The Labute approximate surface area is 107 Å². The molecule has 0 unspecified atom stereocenters. The lowest BCUT2D eigenvalue weighted by molar-refractivity contribution is 0.116. The number of nitrogens with one attached hydrogen (secondary N) is 1. The SMILES string of the molecule is O[C@H]1CCCC[C@@H]1Nc1cc(F)c(Br)cc1F. The number of hydrogen-bond acceptors (Lipinski definition) is 2. The lowest BCUT2D eigenvalue weighted by Crippen LogP contribution is -2.36. The Morgan fingerprint density at radius 2 is 1.88 bits per heavy atom. The summed E-state index contributed by atoms with van der Waals surface area (Å²) in [7, 11) is 0. The number of halogens is 3. The highest BCUT2D eigenvalue weighted by atomic mass is 79.9. The first-order valence-electron chi connectivity index (χ1n) is 5.67. The number of hydrogen-bond donors (Lipinski definition) is 2. The summed E-state index contributed by atoms with van der Waals surface area (Å²) in [6, 6.07) is 2.01. The molecule has 0 spiro atoms. The van der Waals surface area contributed by atoms with Gasteiger partial charge in [0.15, 0.2) is 0 Å². The first kappa shape index (κ1) is 12.8. The van der Waals surface area contributed by atoms with Crippen LogP contribution in [-0.2, 0) is 0 Å². The van der Waals surface area contributed by atoms with E-state index in [9.17, 15) is 13.9 Å². The smallest absolute Gasteiger partial charge is 0.147 e. The lowest BCUT2D eigenvalue weighted by atomic mass is 9.92. The Bertz CT molecular complexity index is 414. The Morgan fingerprint density at radius 3 is 2.59 bits per heavy atom. The Morgan fingerprint density at radius 1 is 1.18 bits per heavy atom. The number of aliphatic hydroxyl groups excluding tert-OH is 1. The second-order valence-electron chi connectivity index (χ2n) is 4.35. The van der Waals surface area contributed by atoms with Crippen molar-refractivity contribution in [1.29, 1.82) is 0 Å². The molecule has 2 N–H and O–H groups in total. The molecule has 2 nitrogen and oxygen atoms in total. The molecule has 0 aliphatic heterocycles. The predicted octanol–water partition coefficient (Wildman–Crippen LogP) is 3.44. The minimum atomic E-state index is -0.518. The van der Waals surface area contributed by atoms with Gasteiger partial charge in [-0.3, -0.25) is 0 Å². The van der Waals surface area contributed by atoms with E-state index < -0.39 is 17.7 Å². The third kappa shape index (κ3) is 2.96. The van der Waals surface area contributed by atoms with Gasteiger partial charge in [0, 0.05) is 6.07 Å². The van der Waals surface area contributed by atoms with Gasteiger partial charge in [0.2, 0.25) is 0 Å². The maximum atomic E-state index is 13.6. The fourth-order valence-electron chi connectivity index (χ4n) is 2.11. The molecule has 0 amide bonds. The minimum absolute atomic E-state index is 0.102. The zero-order valence-electron chi connectivity index (χ0n) is 9.22. The van der Waals surface area contributed by atoms with Crippen LogP contribution >= 0.6 is 15.9 Å². The van der Waals surface area contributed by atoms with Crippen LogP contribution in [0.4, 0.5) is 14.5 Å². The van der Waals surface area contributed by atoms with E-state index in [2.05, 4.69) is 21.2 Å². The van der Waals surface area contributed by atoms with Crippen LogP contribution in [0, 0.1) is 11.6 Å². The third-order valence-electron chi connectivity index (χ3n) is 3.08. The van der Waals surface area contributed by atoms with Crippen LogP contribution in [0.3, 0.4) is 0 Å². The summed E-state index contributed by atoms with van der Waals surface area (Å²) in [5.41, 5.74) is 0.108. The molecule has 94 valence electrons. The lowest BCUT2D eigenvalue weighted by Gasteiger charge is -2.29. The summed E-state index contributed by atoms with van der Waals surface area (Å²) in [5, 5.41) is 12.6. The molecule has 0 saturated heterocycles. The van der Waals surface area contributed by atoms with Gasteiger partial charge in [-0.25, -0.2) is 8.78 Å². The monoisotopic (exact) mass is 305 g/mol. The van der Waals surface area contributed by atoms with Gasteiger partial charge in [-0.1, -0.05) is 12.8 Å². The molecular weight excluding hydrogens is 292 g/mol. The van der Waals surface area contributed by atoms with Crippen molar-refractivity contribution in [3.8, 4) is 0 Å². The van der Waals surface area contributed by atoms with Crippen molar-refractivity contribution < 1.29 is 13.9 Å². The summed E-state index contributed by atoms with van der Waals surface area (Å²) in [6.45, 7) is 0. The van der Waals surface area contributed by atoms with Crippen molar-refractivity contribution in [3.05, 3.63) is 28.2 Å². The maximum absolute atomic E-state index is 13.6. The van der Waals surface area contributed by atoms with Gasteiger partial charge < -0.3 is 10.4 Å². The molecule has 5 heteroatoms. The molecule has 0 bridgehead atoms. The van der Waals surface area contributed by atoms with E-state index in [4.69, 9.17) is 0 Å². The topological polar surface area (TPSA) is 32.3 Å². The predicted molar refractivity (Wildman–Crippen MR) is 65.9 cm³/mol. The van der Waals surface area contributed by atoms with Gasteiger partial charge >= 0.3 is 0 Å². The third-order valence-corrected chi connectivity index (χ3v) is 3.69. The normalized spacial score (nSPS) is 24.7. The van der Waals surface area contributed by atoms with Crippen molar-refractivity contribution in [3.63, 3.8) is 0 Å². The average molecular weight is 306 g/mol. The van der Waals surface area contributed by atoms with Gasteiger partial charge in [-0.15, -0.1) is 0 Å². The quantitative estimate of drug-likeness (QED) is 0.820. The Kier molecular flexibility index (Phi) is 3.99. The number of rotatable bonds is 2. The van der Waals surface area contributed by atoms with Gasteiger partial charge in [-0.2, -0.15) is 0 Å². The summed E-state index contributed by atoms with van der Waals surface area (Å²) in [5.74, 6) is -1.03. The zero-order chi connectivity index (χ0) is 12.4. The summed E-state index contributed by atoms with van der Waals surface area (Å²) >= 11 is 2.93. The molecule has 2 rings (SSSR count). The number of aliphatic hydroxyl groups is 1. The first-order chi connectivity index (χ1) is 8.08. The van der Waals surface area contributed by atoms with Crippen LogP contribution in [-0.4, -0.2) is 17.3 Å². The van der Waals surface area contributed by atoms with E-state index in [0.29, 0.717) is 6.42 Å². The fraction of sp³-hybridized carbons (Fsp3) is 0.500. The summed E-state index contributed by atoms with van der Waals surface area (Å²) in [6.07, 6.45) is 2.97. The van der Waals surface area contributed by atoms with Crippen molar-refractivity contribution in [2.75, 3.05) is 5.32 Å². The van der Waals surface area contributed by atoms with Crippen molar-refractivity contribution in [2.24, 2.45) is 0 Å². The molecule has 1 aromatic carbocycles. The maximum Gasteiger partial charge on any atom is 0.147 e. The molecule has 1 saturated carbocycles. The molecule has 0 heterocycles. The second kappa shape index (κ2) is 5.31. The van der Waals surface area contributed by atoms with Crippen molar-refractivity contribution in [2.45, 2.75) is 37.8 Å². The Hall–Kier alpha value is -0.680. The highest BCUT2D eigenvalue weighted by Gasteiger charge is 2.23. The molecule has 0 radical (unpaired) electrons. The van der Waals surface area contributed by atoms with Gasteiger partial charge in [0.1, 0.15) is 11.6 Å². The van der Waals surface area contributed by atoms with Gasteiger partial charge in [0.05, 0.1) is 22.3 Å². The van der Waals surface area contributed by atoms with E-state index >= 15 is 0 Å². The van der Waals surface area contributed by atoms with Crippen LogP contribution in [0.25, 0.3) is 0 Å². The molecular formula is C12H14BrF2NO. The number of benzene rings is 1. The highest BCUT2D eigenvalue weighted by molar-refractivity contribution is 9.10. The first-order valence-corrected chi connectivity index (χ1v) is 6.46. The minimum Gasteiger partial charge on any atom is -0.391 e. The van der Waals surface area contributed by atoms with E-state index in [1.54, 1.807) is 0 Å². The molecule has 1 aromatic rings. The van der Waals surface area contributed by atoms with Crippen LogP contribution in [0.5, 0.6) is 0 Å². The highest BCUT2D eigenvalue weighted by Crippen LogP contribution is 2.27. The number of anilines is 1. The standard InChI is InChI=1S/C12H14BrF2NO/c13-7-5-9(15)11(6-8(7)14)16-10-3-1-2-4-12(10)17/h5-6,10,12,16-17H,1-4H2/t10-,12-/m0/s1. The van der Waals surface area contributed by atoms with Gasteiger partial charge in [0.25, 0.3) is 0 Å². The Balaban J connectivity index is 2.15.